The van der Waals surface area contributed by atoms with Gasteiger partial charge < -0.3 is 9.71 Å². The number of anilines is 1. The van der Waals surface area contributed by atoms with E-state index in [-0.39, 0.29) is 6.98 Å². The van der Waals surface area contributed by atoms with Crippen LogP contribution in [0.4, 0.5) is 5.69 Å². The Balaban J connectivity index is 1.85. The van der Waals surface area contributed by atoms with E-state index in [0.717, 1.165) is 28.1 Å². The second-order valence-corrected chi connectivity index (χ2v) is 5.80. The Morgan fingerprint density at radius 2 is 1.52 bits per heavy atom. The van der Waals surface area contributed by atoms with Crippen LogP contribution in [0.5, 0.6) is 0 Å². The third kappa shape index (κ3) is 1.81. The Morgan fingerprint density at radius 1 is 0.783 bits per heavy atom. The van der Waals surface area contributed by atoms with Crippen molar-refractivity contribution < 1.29 is 0 Å². The van der Waals surface area contributed by atoms with Gasteiger partial charge in [0.25, 0.3) is 0 Å². The summed E-state index contributed by atoms with van der Waals surface area (Å²) < 4.78 is 2.30. The maximum Gasteiger partial charge on any atom is 0.414 e. The number of fused-ring (bicyclic) bond motifs is 5. The van der Waals surface area contributed by atoms with Gasteiger partial charge in [0, 0.05) is 11.3 Å². The second kappa shape index (κ2) is 4.75. The summed E-state index contributed by atoms with van der Waals surface area (Å²) in [7, 11) is 0. The van der Waals surface area contributed by atoms with E-state index in [1.165, 1.54) is 5.46 Å². The molecule has 0 unspecified atom stereocenters. The first-order valence-corrected chi connectivity index (χ1v) is 7.80. The summed E-state index contributed by atoms with van der Waals surface area (Å²) in [6.45, 7) is 0.0495. The van der Waals surface area contributed by atoms with Crippen LogP contribution in [0.1, 0.15) is 0 Å². The monoisotopic (exact) mass is 295 g/mol. The summed E-state index contributed by atoms with van der Waals surface area (Å²) in [5.41, 5.74) is 5.69. The average Bonchev–Trinajstić information content (AvgIpc) is 3.02. The molecule has 0 saturated carbocycles. The number of nitrogens with zero attached hydrogens (tertiary/aromatic N) is 2. The van der Waals surface area contributed by atoms with Gasteiger partial charge in [-0.05, 0) is 29.7 Å². The highest BCUT2D eigenvalue weighted by Gasteiger charge is 2.31. The molecule has 0 radical (unpaired) electrons. The molecule has 1 aliphatic heterocycles. The first kappa shape index (κ1) is 12.5. The third-order valence-electron chi connectivity index (χ3n) is 4.43. The van der Waals surface area contributed by atoms with E-state index in [9.17, 15) is 0 Å². The van der Waals surface area contributed by atoms with Crippen molar-refractivity contribution in [3.05, 3.63) is 78.9 Å². The van der Waals surface area contributed by atoms with Crippen molar-refractivity contribution in [3.8, 4) is 11.4 Å². The Labute approximate surface area is 134 Å². The predicted molar refractivity (Wildman–Crippen MR) is 96.0 cm³/mol. The fourth-order valence-corrected chi connectivity index (χ4v) is 3.38. The maximum atomic E-state index is 4.89. The van der Waals surface area contributed by atoms with E-state index < -0.39 is 0 Å². The number of hydrogen-bond acceptors (Lipinski definition) is 2. The molecule has 0 spiro atoms. The summed E-state index contributed by atoms with van der Waals surface area (Å²) in [4.78, 5) is 4.89. The number of benzene rings is 3. The zero-order chi connectivity index (χ0) is 15.2. The van der Waals surface area contributed by atoms with Crippen molar-refractivity contribution in [1.29, 1.82) is 0 Å². The first-order chi connectivity index (χ1) is 11.4. The second-order valence-electron chi connectivity index (χ2n) is 5.80. The Hall–Kier alpha value is -3.01. The summed E-state index contributed by atoms with van der Waals surface area (Å²) in [5, 5.41) is 3.67. The minimum atomic E-state index is 0.0495. The quantitative estimate of drug-likeness (QED) is 0.546. The van der Waals surface area contributed by atoms with Gasteiger partial charge in [0.05, 0.1) is 11.0 Å². The molecule has 1 aromatic heterocycles. The van der Waals surface area contributed by atoms with Crippen LogP contribution in [-0.4, -0.2) is 16.4 Å². The van der Waals surface area contributed by atoms with E-state index >= 15 is 0 Å². The van der Waals surface area contributed by atoms with E-state index in [2.05, 4.69) is 76.4 Å². The van der Waals surface area contributed by atoms with Gasteiger partial charge in [-0.1, -0.05) is 54.6 Å². The number of para-hydroxylation sites is 3. The molecule has 2 heterocycles. The minimum Gasteiger partial charge on any atom is -0.404 e. The zero-order valence-electron chi connectivity index (χ0n) is 12.5. The van der Waals surface area contributed by atoms with E-state index in [4.69, 9.17) is 4.98 Å². The lowest BCUT2D eigenvalue weighted by atomic mass is 9.65. The molecule has 23 heavy (non-hydrogen) atoms. The Bertz CT molecular complexity index is 1010. The van der Waals surface area contributed by atoms with Crippen molar-refractivity contribution in [1.82, 2.24) is 9.46 Å². The molecule has 0 fully saturated rings. The molecule has 4 aromatic rings. The molecule has 5 rings (SSSR count). The lowest BCUT2D eigenvalue weighted by Gasteiger charge is -2.27. The van der Waals surface area contributed by atoms with Gasteiger partial charge in [-0.3, -0.25) is 0 Å². The van der Waals surface area contributed by atoms with Gasteiger partial charge in [0.2, 0.25) is 0 Å². The third-order valence-corrected chi connectivity index (χ3v) is 4.43. The predicted octanol–water partition coefficient (Wildman–Crippen LogP) is 3.37. The van der Waals surface area contributed by atoms with Crippen LogP contribution >= 0.6 is 0 Å². The number of hydrogen-bond donors (Lipinski definition) is 1. The van der Waals surface area contributed by atoms with Crippen molar-refractivity contribution in [2.75, 3.05) is 5.23 Å². The molecular formula is C19H14BN3. The molecule has 0 amide bonds. The normalized spacial score (nSPS) is 12.6. The summed E-state index contributed by atoms with van der Waals surface area (Å²) in [6, 6.07) is 27.2. The van der Waals surface area contributed by atoms with Crippen molar-refractivity contribution in [2.24, 2.45) is 0 Å². The molecule has 0 aliphatic carbocycles. The topological polar surface area (TPSA) is 29.9 Å². The van der Waals surface area contributed by atoms with Crippen molar-refractivity contribution >= 4 is 29.2 Å². The number of imidazole rings is 1. The van der Waals surface area contributed by atoms with Gasteiger partial charge in [-0.25, -0.2) is 4.98 Å². The van der Waals surface area contributed by atoms with Crippen LogP contribution in [0, 0.1) is 0 Å². The van der Waals surface area contributed by atoms with E-state index in [1.807, 2.05) is 12.1 Å². The van der Waals surface area contributed by atoms with Crippen LogP contribution in [0.2, 0.25) is 0 Å². The average molecular weight is 295 g/mol. The highest BCUT2D eigenvalue weighted by atomic mass is 15.1. The highest BCUT2D eigenvalue weighted by Crippen LogP contribution is 2.34. The Kier molecular flexibility index (Phi) is 2.59. The lowest BCUT2D eigenvalue weighted by Crippen LogP contribution is -2.47. The van der Waals surface area contributed by atoms with Crippen LogP contribution < -0.4 is 10.7 Å². The molecule has 0 atom stereocenters. The fraction of sp³-hybridized carbons (Fsp3) is 0. The first-order valence-electron chi connectivity index (χ1n) is 7.80. The zero-order valence-corrected chi connectivity index (χ0v) is 12.5. The largest absolute Gasteiger partial charge is 0.414 e. The van der Waals surface area contributed by atoms with Gasteiger partial charge in [0.15, 0.2) is 0 Å². The standard InChI is InChI=1S/C19H14BN3/c1-2-8-14(9-3-1)20-22-16-11-5-4-10-15(16)19-21-17-12-6-7-13-18(17)23(19)20/h1-13,22H. The van der Waals surface area contributed by atoms with Crippen LogP contribution in [0.15, 0.2) is 78.9 Å². The molecule has 0 bridgehead atoms. The van der Waals surface area contributed by atoms with Gasteiger partial charge in [-0.15, -0.1) is 0 Å². The number of rotatable bonds is 1. The smallest absolute Gasteiger partial charge is 0.404 e. The van der Waals surface area contributed by atoms with E-state index in [1.54, 1.807) is 0 Å². The summed E-state index contributed by atoms with van der Waals surface area (Å²) in [6.07, 6.45) is 0. The fourth-order valence-electron chi connectivity index (χ4n) is 3.38. The van der Waals surface area contributed by atoms with Gasteiger partial charge in [0.1, 0.15) is 5.82 Å². The molecular weight excluding hydrogens is 281 g/mol. The minimum absolute atomic E-state index is 0.0495. The molecule has 1 N–H and O–H groups in total. The summed E-state index contributed by atoms with van der Waals surface area (Å²) in [5.74, 6) is 1.02. The molecule has 0 saturated heterocycles. The highest BCUT2D eigenvalue weighted by molar-refractivity contribution is 6.76. The van der Waals surface area contributed by atoms with Gasteiger partial charge >= 0.3 is 6.98 Å². The SMILES string of the molecule is c1ccc(B2Nc3ccccc3-c3nc4ccccc4n32)cc1. The molecule has 108 valence electrons. The van der Waals surface area contributed by atoms with Crippen LogP contribution in [0.3, 0.4) is 0 Å². The number of aromatic nitrogens is 2. The van der Waals surface area contributed by atoms with Gasteiger partial charge in [-0.2, -0.15) is 0 Å². The number of nitrogens with one attached hydrogen (secondary N) is 1. The van der Waals surface area contributed by atoms with Crippen LogP contribution in [-0.2, 0) is 0 Å². The Morgan fingerprint density at radius 3 is 2.43 bits per heavy atom. The van der Waals surface area contributed by atoms with Crippen molar-refractivity contribution in [2.45, 2.75) is 0 Å². The van der Waals surface area contributed by atoms with Crippen LogP contribution in [0.25, 0.3) is 22.4 Å². The maximum absolute atomic E-state index is 4.89. The molecule has 3 aromatic carbocycles. The van der Waals surface area contributed by atoms with E-state index in [0.29, 0.717) is 0 Å². The lowest BCUT2D eigenvalue weighted by molar-refractivity contribution is 1.19. The molecule has 1 aliphatic rings. The van der Waals surface area contributed by atoms with Crippen molar-refractivity contribution in [3.63, 3.8) is 0 Å². The molecule has 3 nitrogen and oxygen atoms in total. The molecule has 4 heteroatoms. The summed E-state index contributed by atoms with van der Waals surface area (Å²) >= 11 is 0.